The molecule has 0 bridgehead atoms. The van der Waals surface area contributed by atoms with Crippen LogP contribution < -0.4 is 10.0 Å². The van der Waals surface area contributed by atoms with Crippen LogP contribution in [-0.4, -0.2) is 30.6 Å². The minimum absolute atomic E-state index is 0.129. The molecule has 0 aliphatic carbocycles. The van der Waals surface area contributed by atoms with E-state index in [2.05, 4.69) is 25.2 Å². The van der Waals surface area contributed by atoms with Gasteiger partial charge >= 0.3 is 0 Å². The highest BCUT2D eigenvalue weighted by molar-refractivity contribution is 7.89. The van der Waals surface area contributed by atoms with Crippen molar-refractivity contribution in [1.29, 1.82) is 0 Å². The number of H-pyrrole nitrogens is 1. The Kier molecular flexibility index (Phi) is 4.88. The molecule has 0 amide bonds. The van der Waals surface area contributed by atoms with Gasteiger partial charge in [-0.25, -0.2) is 22.5 Å². The van der Waals surface area contributed by atoms with Crippen molar-refractivity contribution in [2.45, 2.75) is 18.0 Å². The number of benzene rings is 1. The molecule has 3 N–H and O–H groups in total. The Morgan fingerprint density at radius 3 is 2.76 bits per heavy atom. The number of nitrogens with one attached hydrogen (secondary N) is 3. The van der Waals surface area contributed by atoms with Gasteiger partial charge in [0.1, 0.15) is 22.9 Å². The molecular formula is C11H13ClFN5O2S. The molecule has 0 radical (unpaired) electrons. The Morgan fingerprint density at radius 1 is 1.38 bits per heavy atom. The van der Waals surface area contributed by atoms with Crippen molar-refractivity contribution >= 4 is 21.6 Å². The number of aromatic amines is 1. The number of nitrogens with zero attached hydrogens (tertiary/aromatic N) is 2. The van der Waals surface area contributed by atoms with Crippen LogP contribution in [0.2, 0.25) is 5.02 Å². The molecule has 0 spiro atoms. The number of hydrogen-bond donors (Lipinski definition) is 3. The summed E-state index contributed by atoms with van der Waals surface area (Å²) in [5.41, 5.74) is 0.171. The zero-order valence-electron chi connectivity index (χ0n) is 11.0. The third kappa shape index (κ3) is 3.76. The van der Waals surface area contributed by atoms with E-state index < -0.39 is 20.7 Å². The van der Waals surface area contributed by atoms with Gasteiger partial charge in [0, 0.05) is 17.1 Å². The molecule has 21 heavy (non-hydrogen) atoms. The van der Waals surface area contributed by atoms with Gasteiger partial charge in [0.15, 0.2) is 0 Å². The number of rotatable bonds is 6. The maximum Gasteiger partial charge on any atom is 0.243 e. The summed E-state index contributed by atoms with van der Waals surface area (Å²) in [6.45, 7) is 0.0344. The third-order valence-corrected chi connectivity index (χ3v) is 4.25. The highest BCUT2D eigenvalue weighted by Gasteiger charge is 2.22. The Balaban J connectivity index is 2.30. The fourth-order valence-electron chi connectivity index (χ4n) is 1.69. The molecule has 0 unspecified atom stereocenters. The molecule has 7 nitrogen and oxygen atoms in total. The summed E-state index contributed by atoms with van der Waals surface area (Å²) in [7, 11) is -2.43. The quantitative estimate of drug-likeness (QED) is 0.726. The van der Waals surface area contributed by atoms with E-state index in [1.807, 2.05) is 0 Å². The lowest BCUT2D eigenvalue weighted by Gasteiger charge is -2.10. The van der Waals surface area contributed by atoms with Crippen molar-refractivity contribution in [2.24, 2.45) is 0 Å². The normalized spacial score (nSPS) is 11.8. The Labute approximate surface area is 126 Å². The van der Waals surface area contributed by atoms with Crippen LogP contribution in [0.1, 0.15) is 11.4 Å². The van der Waals surface area contributed by atoms with Crippen LogP contribution in [0, 0.1) is 5.82 Å². The number of aromatic nitrogens is 3. The first-order valence-corrected chi connectivity index (χ1v) is 7.76. The van der Waals surface area contributed by atoms with Crippen molar-refractivity contribution in [2.75, 3.05) is 7.05 Å². The monoisotopic (exact) mass is 333 g/mol. The van der Waals surface area contributed by atoms with Crippen LogP contribution in [-0.2, 0) is 23.1 Å². The lowest BCUT2D eigenvalue weighted by atomic mass is 10.2. The van der Waals surface area contributed by atoms with Crippen molar-refractivity contribution in [3.63, 3.8) is 0 Å². The van der Waals surface area contributed by atoms with E-state index >= 15 is 0 Å². The molecule has 0 fully saturated rings. The largest absolute Gasteiger partial charge is 0.316 e. The number of hydrogen-bond acceptors (Lipinski definition) is 5. The van der Waals surface area contributed by atoms with E-state index in [0.717, 1.165) is 6.07 Å². The topological polar surface area (TPSA) is 99.8 Å². The van der Waals surface area contributed by atoms with Crippen molar-refractivity contribution in [1.82, 2.24) is 25.2 Å². The Morgan fingerprint density at radius 2 is 2.14 bits per heavy atom. The van der Waals surface area contributed by atoms with Gasteiger partial charge in [-0.2, -0.15) is 5.10 Å². The van der Waals surface area contributed by atoms with Gasteiger partial charge in [0.05, 0.1) is 6.54 Å². The van der Waals surface area contributed by atoms with E-state index in [9.17, 15) is 12.8 Å². The molecule has 114 valence electrons. The summed E-state index contributed by atoms with van der Waals surface area (Å²) < 4.78 is 40.8. The molecule has 0 aliphatic rings. The molecule has 0 saturated heterocycles. The molecule has 2 aromatic rings. The summed E-state index contributed by atoms with van der Waals surface area (Å²) in [5.74, 6) is -0.518. The lowest BCUT2D eigenvalue weighted by Crippen LogP contribution is -2.25. The smallest absolute Gasteiger partial charge is 0.243 e. The average molecular weight is 334 g/mol. The fraction of sp³-hybridized carbons (Fsp3) is 0.273. The molecule has 0 atom stereocenters. The molecule has 0 aliphatic heterocycles. The highest BCUT2D eigenvalue weighted by Crippen LogP contribution is 2.23. The van der Waals surface area contributed by atoms with Gasteiger partial charge in [0.2, 0.25) is 10.0 Å². The zero-order chi connectivity index (χ0) is 15.5. The second-order valence-corrected chi connectivity index (χ2v) is 6.34. The summed E-state index contributed by atoms with van der Waals surface area (Å²) in [4.78, 5) is 3.28. The van der Waals surface area contributed by atoms with Crippen LogP contribution in [0.3, 0.4) is 0 Å². The second kappa shape index (κ2) is 6.48. The van der Waals surface area contributed by atoms with Gasteiger partial charge in [0.25, 0.3) is 0 Å². The lowest BCUT2D eigenvalue weighted by molar-refractivity contribution is 0.545. The predicted octanol–water partition coefficient (Wildman–Crippen LogP) is 0.795. The molecule has 2 rings (SSSR count). The van der Waals surface area contributed by atoms with E-state index in [-0.39, 0.29) is 23.7 Å². The van der Waals surface area contributed by atoms with Gasteiger partial charge in [-0.15, -0.1) is 0 Å². The van der Waals surface area contributed by atoms with Crippen LogP contribution in [0.4, 0.5) is 4.39 Å². The first kappa shape index (κ1) is 15.8. The van der Waals surface area contributed by atoms with Crippen molar-refractivity contribution in [3.05, 3.63) is 40.7 Å². The minimum Gasteiger partial charge on any atom is -0.316 e. The first-order chi connectivity index (χ1) is 9.94. The predicted molar refractivity (Wildman–Crippen MR) is 74.6 cm³/mol. The van der Waals surface area contributed by atoms with E-state index in [4.69, 9.17) is 11.6 Å². The number of sulfonamides is 1. The van der Waals surface area contributed by atoms with Gasteiger partial charge in [-0.1, -0.05) is 11.6 Å². The van der Waals surface area contributed by atoms with E-state index in [0.29, 0.717) is 5.82 Å². The summed E-state index contributed by atoms with van der Waals surface area (Å²) in [6.07, 6.45) is 1.24. The molecule has 10 heteroatoms. The summed E-state index contributed by atoms with van der Waals surface area (Å²) in [6, 6.07) is 2.45. The molecule has 1 aromatic carbocycles. The van der Waals surface area contributed by atoms with Crippen LogP contribution in [0.15, 0.2) is 23.4 Å². The maximum absolute atomic E-state index is 14.2. The highest BCUT2D eigenvalue weighted by atomic mass is 35.5. The standard InChI is InChI=1S/C11H13ClFN5O2S/c1-14-4-7-2-8(12)3-9(11(7)13)21(19,20)17-5-10-15-6-16-18-10/h2-3,6,14,17H,4-5H2,1H3,(H,15,16,18). The minimum atomic E-state index is -4.06. The molecule has 1 aromatic heterocycles. The third-order valence-electron chi connectivity index (χ3n) is 2.63. The van der Waals surface area contributed by atoms with Crippen LogP contribution >= 0.6 is 11.6 Å². The fourth-order valence-corrected chi connectivity index (χ4v) is 3.13. The maximum atomic E-state index is 14.2. The molecule has 0 saturated carbocycles. The van der Waals surface area contributed by atoms with Crippen molar-refractivity contribution in [3.8, 4) is 0 Å². The molecule has 1 heterocycles. The van der Waals surface area contributed by atoms with Crippen LogP contribution in [0.5, 0.6) is 0 Å². The van der Waals surface area contributed by atoms with Crippen LogP contribution in [0.25, 0.3) is 0 Å². The summed E-state index contributed by atoms with van der Waals surface area (Å²) >= 11 is 5.85. The Hall–Kier alpha value is -1.55. The van der Waals surface area contributed by atoms with Gasteiger partial charge in [-0.05, 0) is 19.2 Å². The van der Waals surface area contributed by atoms with Gasteiger partial charge in [-0.3, -0.25) is 5.10 Å². The van der Waals surface area contributed by atoms with Crippen molar-refractivity contribution < 1.29 is 12.8 Å². The van der Waals surface area contributed by atoms with E-state index in [1.54, 1.807) is 7.05 Å². The Bertz CT molecular complexity index is 720. The second-order valence-electron chi connectivity index (χ2n) is 4.16. The average Bonchev–Trinajstić information content (AvgIpc) is 2.94. The SMILES string of the molecule is CNCc1cc(Cl)cc(S(=O)(=O)NCc2ncn[nH]2)c1F. The van der Waals surface area contributed by atoms with E-state index in [1.165, 1.54) is 12.4 Å². The van der Waals surface area contributed by atoms with Gasteiger partial charge < -0.3 is 5.32 Å². The summed E-state index contributed by atoms with van der Waals surface area (Å²) in [5, 5.41) is 8.98. The zero-order valence-corrected chi connectivity index (χ0v) is 12.6. The molecular weight excluding hydrogens is 321 g/mol. The first-order valence-electron chi connectivity index (χ1n) is 5.90. The number of halogens is 2.